The summed E-state index contributed by atoms with van der Waals surface area (Å²) in [5.74, 6) is -1.87. The number of hydrogen-bond donors (Lipinski definition) is 3. The van der Waals surface area contributed by atoms with E-state index in [4.69, 9.17) is 10.5 Å². The highest BCUT2D eigenvalue weighted by Gasteiger charge is 2.56. The molecule has 1 aromatic carbocycles. The Morgan fingerprint density at radius 3 is 2.60 bits per heavy atom. The maximum atomic E-state index is 12.2. The van der Waals surface area contributed by atoms with Crippen LogP contribution in [0.4, 0.5) is 4.79 Å². The lowest BCUT2D eigenvalue weighted by molar-refractivity contribution is -0.161. The molecule has 1 saturated heterocycles. The predicted molar refractivity (Wildman–Crippen MR) is 86.4 cm³/mol. The number of rotatable bonds is 4. The van der Waals surface area contributed by atoms with Crippen LogP contribution in [0, 0.1) is 12.8 Å². The molecule has 0 spiro atoms. The van der Waals surface area contributed by atoms with Crippen LogP contribution in [-0.2, 0) is 9.59 Å². The van der Waals surface area contributed by atoms with Gasteiger partial charge in [0.2, 0.25) is 5.91 Å². The van der Waals surface area contributed by atoms with E-state index in [0.29, 0.717) is 23.1 Å². The van der Waals surface area contributed by atoms with Crippen LogP contribution < -0.4 is 10.5 Å². The third-order valence-electron chi connectivity index (χ3n) is 4.67. The lowest BCUT2D eigenvalue weighted by Crippen LogP contribution is -2.61. The molecule has 4 N–H and O–H groups in total. The number of β-lactam (4-membered cyclic amide) rings is 1. The highest BCUT2D eigenvalue weighted by molar-refractivity contribution is 6.06. The van der Waals surface area contributed by atoms with Gasteiger partial charge in [-0.15, -0.1) is 0 Å². The number of aryl methyl sites for hydroxylation is 1. The molecule has 8 nitrogen and oxygen atoms in total. The number of ether oxygens (including phenoxy) is 1. The van der Waals surface area contributed by atoms with E-state index in [1.165, 1.54) is 17.9 Å². The van der Waals surface area contributed by atoms with Gasteiger partial charge in [-0.05, 0) is 49.1 Å². The molecular weight excluding hydrogens is 328 g/mol. The van der Waals surface area contributed by atoms with Crippen LogP contribution in [0.5, 0.6) is 5.75 Å². The fourth-order valence-corrected chi connectivity index (χ4v) is 3.59. The maximum Gasteiger partial charge on any atom is 0.409 e. The van der Waals surface area contributed by atoms with Crippen molar-refractivity contribution in [2.75, 3.05) is 0 Å². The Hall–Kier alpha value is -2.87. The van der Waals surface area contributed by atoms with Gasteiger partial charge in [-0.2, -0.15) is 0 Å². The number of benzene rings is 1. The first-order valence-electron chi connectivity index (χ1n) is 7.78. The molecule has 2 aliphatic rings. The van der Waals surface area contributed by atoms with Crippen LogP contribution in [0.15, 0.2) is 23.9 Å². The van der Waals surface area contributed by atoms with Gasteiger partial charge in [0.05, 0.1) is 18.1 Å². The first kappa shape index (κ1) is 17.0. The zero-order chi connectivity index (χ0) is 18.5. The minimum Gasteiger partial charge on any atom is -0.477 e. The second-order valence-corrected chi connectivity index (χ2v) is 6.28. The van der Waals surface area contributed by atoms with Gasteiger partial charge in [0.15, 0.2) is 0 Å². The minimum absolute atomic E-state index is 0.0603. The van der Waals surface area contributed by atoms with Gasteiger partial charge in [0.25, 0.3) is 0 Å². The number of carboxylic acid groups (broad SMARTS) is 1. The number of hydrogen-bond acceptors (Lipinski definition) is 5. The molecule has 25 heavy (non-hydrogen) atoms. The van der Waals surface area contributed by atoms with Crippen LogP contribution >= 0.6 is 0 Å². The molecule has 0 saturated carbocycles. The topological polar surface area (TPSA) is 130 Å². The molecule has 0 bridgehead atoms. The fraction of sp³-hybridized carbons (Fsp3) is 0.353. The standard InChI is InChI=1S/C17H18N2O6/c1-7-5-9(3-4-12(7)25-17(18)24)10-6-11-13(8(2)20)15(21)19(11)14(10)16(22)23/h3-5,8,11,13,20H,6H2,1-2H3,(H2,18,24)(H,22,23)/t8-,11-,13+/m1/s1. The summed E-state index contributed by atoms with van der Waals surface area (Å²) in [4.78, 5) is 36.0. The van der Waals surface area contributed by atoms with E-state index in [1.807, 2.05) is 0 Å². The van der Waals surface area contributed by atoms with E-state index in [0.717, 1.165) is 0 Å². The smallest absolute Gasteiger partial charge is 0.409 e. The average molecular weight is 346 g/mol. The highest BCUT2D eigenvalue weighted by Crippen LogP contribution is 2.47. The van der Waals surface area contributed by atoms with E-state index in [2.05, 4.69) is 0 Å². The first-order chi connectivity index (χ1) is 11.7. The summed E-state index contributed by atoms with van der Waals surface area (Å²) in [6.07, 6.45) is -1.42. The molecule has 3 rings (SSSR count). The van der Waals surface area contributed by atoms with Gasteiger partial charge in [-0.25, -0.2) is 9.59 Å². The van der Waals surface area contributed by atoms with Gasteiger partial charge in [-0.3, -0.25) is 4.79 Å². The van der Waals surface area contributed by atoms with Crippen LogP contribution in [0.25, 0.3) is 5.57 Å². The quantitative estimate of drug-likeness (QED) is 0.693. The summed E-state index contributed by atoms with van der Waals surface area (Å²) >= 11 is 0. The number of primary amides is 1. The maximum absolute atomic E-state index is 12.2. The summed E-state index contributed by atoms with van der Waals surface area (Å²) in [5, 5.41) is 19.3. The average Bonchev–Trinajstić information content (AvgIpc) is 2.83. The van der Waals surface area contributed by atoms with Crippen LogP contribution in [-0.4, -0.2) is 45.2 Å². The number of carbonyl (C=O) groups is 3. The van der Waals surface area contributed by atoms with Gasteiger partial charge in [0.1, 0.15) is 11.4 Å². The van der Waals surface area contributed by atoms with Gasteiger partial charge >= 0.3 is 12.1 Å². The molecule has 1 aromatic rings. The van der Waals surface area contributed by atoms with E-state index in [-0.39, 0.29) is 23.4 Å². The summed E-state index contributed by atoms with van der Waals surface area (Å²) in [6.45, 7) is 3.23. The number of aliphatic carboxylic acids is 1. The molecule has 1 fully saturated rings. The molecule has 0 radical (unpaired) electrons. The molecule has 3 atom stereocenters. The molecule has 0 aromatic heterocycles. The Morgan fingerprint density at radius 1 is 1.40 bits per heavy atom. The second-order valence-electron chi connectivity index (χ2n) is 6.28. The first-order valence-corrected chi connectivity index (χ1v) is 7.78. The number of amides is 2. The Morgan fingerprint density at radius 2 is 2.08 bits per heavy atom. The van der Waals surface area contributed by atoms with Gasteiger partial charge in [0, 0.05) is 0 Å². The Labute approximate surface area is 143 Å². The summed E-state index contributed by atoms with van der Waals surface area (Å²) in [7, 11) is 0. The van der Waals surface area contributed by atoms with E-state index in [9.17, 15) is 24.6 Å². The molecule has 0 aliphatic carbocycles. The highest BCUT2D eigenvalue weighted by atomic mass is 16.5. The van der Waals surface area contributed by atoms with Gasteiger partial charge < -0.3 is 25.6 Å². The zero-order valence-electron chi connectivity index (χ0n) is 13.7. The Kier molecular flexibility index (Phi) is 4.00. The summed E-state index contributed by atoms with van der Waals surface area (Å²) < 4.78 is 4.87. The van der Waals surface area contributed by atoms with E-state index < -0.39 is 24.1 Å². The van der Waals surface area contributed by atoms with Gasteiger partial charge in [-0.1, -0.05) is 6.07 Å². The lowest BCUT2D eigenvalue weighted by Gasteiger charge is -2.44. The number of nitrogens with zero attached hydrogens (tertiary/aromatic N) is 1. The van der Waals surface area contributed by atoms with Crippen molar-refractivity contribution in [2.24, 2.45) is 11.7 Å². The number of carboxylic acids is 1. The zero-order valence-corrected chi connectivity index (χ0v) is 13.7. The SMILES string of the molecule is Cc1cc(C2=C(C(=O)O)N3C(=O)[C@@H]([C@@H](C)O)[C@H]3C2)ccc1OC(N)=O. The second kappa shape index (κ2) is 5.89. The Balaban J connectivity index is 1.99. The number of aliphatic hydroxyl groups is 1. The Bertz CT molecular complexity index is 813. The third-order valence-corrected chi connectivity index (χ3v) is 4.67. The molecule has 2 aliphatic heterocycles. The number of carbonyl (C=O) groups excluding carboxylic acids is 2. The van der Waals surface area contributed by atoms with Crippen LogP contribution in [0.3, 0.4) is 0 Å². The lowest BCUT2D eigenvalue weighted by atomic mass is 9.82. The van der Waals surface area contributed by atoms with Crippen molar-refractivity contribution < 1.29 is 29.3 Å². The van der Waals surface area contributed by atoms with E-state index in [1.54, 1.807) is 19.1 Å². The summed E-state index contributed by atoms with van der Waals surface area (Å²) in [6, 6.07) is 4.49. The largest absolute Gasteiger partial charge is 0.477 e. The van der Waals surface area contributed by atoms with Crippen molar-refractivity contribution >= 4 is 23.5 Å². The molecule has 2 amide bonds. The van der Waals surface area contributed by atoms with Crippen molar-refractivity contribution in [1.82, 2.24) is 4.90 Å². The van der Waals surface area contributed by atoms with Crippen molar-refractivity contribution in [3.05, 3.63) is 35.0 Å². The minimum atomic E-state index is -1.19. The van der Waals surface area contributed by atoms with Crippen molar-refractivity contribution in [1.29, 1.82) is 0 Å². The number of aliphatic hydroxyl groups excluding tert-OH is 1. The molecule has 8 heteroatoms. The van der Waals surface area contributed by atoms with E-state index >= 15 is 0 Å². The molecular formula is C17H18N2O6. The van der Waals surface area contributed by atoms with Crippen molar-refractivity contribution in [3.8, 4) is 5.75 Å². The molecule has 132 valence electrons. The summed E-state index contributed by atoms with van der Waals surface area (Å²) in [5.41, 5.74) is 6.69. The number of nitrogens with two attached hydrogens (primary N) is 1. The third kappa shape index (κ3) is 2.64. The van der Waals surface area contributed by atoms with Crippen LogP contribution in [0.2, 0.25) is 0 Å². The monoisotopic (exact) mass is 346 g/mol. The molecule has 0 unspecified atom stereocenters. The number of fused-ring (bicyclic) bond motifs is 1. The predicted octanol–water partition coefficient (Wildman–Crippen LogP) is 0.860. The van der Waals surface area contributed by atoms with Crippen molar-refractivity contribution in [3.63, 3.8) is 0 Å². The fourth-order valence-electron chi connectivity index (χ4n) is 3.59. The molecule has 2 heterocycles. The van der Waals surface area contributed by atoms with Crippen LogP contribution in [0.1, 0.15) is 24.5 Å². The van der Waals surface area contributed by atoms with Crippen molar-refractivity contribution in [2.45, 2.75) is 32.4 Å². The normalized spacial score (nSPS) is 23.2.